The van der Waals surface area contributed by atoms with Crippen LogP contribution < -0.4 is 5.32 Å². The van der Waals surface area contributed by atoms with Crippen LogP contribution in [0.3, 0.4) is 0 Å². The SMILES string of the molecule is CCCNC1CCC(C)(C)CC1CN(CC)CCO. The van der Waals surface area contributed by atoms with E-state index in [9.17, 15) is 0 Å². The molecule has 0 aromatic heterocycles. The van der Waals surface area contributed by atoms with Gasteiger partial charge in [0.05, 0.1) is 6.61 Å². The second-order valence-corrected chi connectivity index (χ2v) is 6.84. The van der Waals surface area contributed by atoms with E-state index in [2.05, 4.69) is 37.9 Å². The number of aliphatic hydroxyl groups is 1. The van der Waals surface area contributed by atoms with Gasteiger partial charge in [0.15, 0.2) is 0 Å². The first-order valence-electron chi connectivity index (χ1n) is 8.09. The van der Waals surface area contributed by atoms with Gasteiger partial charge >= 0.3 is 0 Å². The number of hydrogen-bond acceptors (Lipinski definition) is 3. The van der Waals surface area contributed by atoms with Gasteiger partial charge in [0, 0.05) is 19.1 Å². The molecule has 0 aromatic carbocycles. The molecular formula is C16H34N2O. The summed E-state index contributed by atoms with van der Waals surface area (Å²) in [6, 6.07) is 0.667. The Hall–Kier alpha value is -0.120. The summed E-state index contributed by atoms with van der Waals surface area (Å²) in [5.74, 6) is 0.724. The van der Waals surface area contributed by atoms with Crippen molar-refractivity contribution in [2.75, 3.05) is 32.8 Å². The second kappa shape index (κ2) is 8.23. The monoisotopic (exact) mass is 270 g/mol. The lowest BCUT2D eigenvalue weighted by Gasteiger charge is -2.43. The first-order valence-corrected chi connectivity index (χ1v) is 8.09. The van der Waals surface area contributed by atoms with Crippen molar-refractivity contribution in [2.24, 2.45) is 11.3 Å². The van der Waals surface area contributed by atoms with E-state index in [0.29, 0.717) is 11.5 Å². The molecule has 0 aliphatic heterocycles. The Morgan fingerprint density at radius 3 is 2.63 bits per heavy atom. The van der Waals surface area contributed by atoms with Crippen molar-refractivity contribution in [1.82, 2.24) is 10.2 Å². The number of nitrogens with one attached hydrogen (secondary N) is 1. The average Bonchev–Trinajstić information content (AvgIpc) is 2.36. The summed E-state index contributed by atoms with van der Waals surface area (Å²) in [5, 5.41) is 12.9. The molecule has 1 saturated carbocycles. The van der Waals surface area contributed by atoms with E-state index in [4.69, 9.17) is 5.11 Å². The zero-order valence-electron chi connectivity index (χ0n) is 13.4. The maximum absolute atomic E-state index is 9.15. The van der Waals surface area contributed by atoms with Gasteiger partial charge in [0.1, 0.15) is 0 Å². The van der Waals surface area contributed by atoms with Gasteiger partial charge in [-0.1, -0.05) is 27.7 Å². The van der Waals surface area contributed by atoms with E-state index in [1.165, 1.54) is 25.7 Å². The van der Waals surface area contributed by atoms with Crippen molar-refractivity contribution < 1.29 is 5.11 Å². The highest BCUT2D eigenvalue weighted by molar-refractivity contribution is 4.90. The van der Waals surface area contributed by atoms with Crippen LogP contribution in [-0.4, -0.2) is 48.8 Å². The molecule has 1 aliphatic rings. The molecule has 19 heavy (non-hydrogen) atoms. The van der Waals surface area contributed by atoms with Gasteiger partial charge in [-0.2, -0.15) is 0 Å². The van der Waals surface area contributed by atoms with Crippen LogP contribution in [0.15, 0.2) is 0 Å². The zero-order chi connectivity index (χ0) is 14.3. The summed E-state index contributed by atoms with van der Waals surface area (Å²) < 4.78 is 0. The molecule has 1 rings (SSSR count). The van der Waals surface area contributed by atoms with Crippen molar-refractivity contribution in [2.45, 2.75) is 59.4 Å². The lowest BCUT2D eigenvalue weighted by atomic mass is 9.69. The normalized spacial score (nSPS) is 26.8. The fraction of sp³-hybridized carbons (Fsp3) is 1.00. The molecule has 1 fully saturated rings. The summed E-state index contributed by atoms with van der Waals surface area (Å²) in [5.41, 5.74) is 0.480. The maximum atomic E-state index is 9.15. The zero-order valence-corrected chi connectivity index (χ0v) is 13.4. The Balaban J connectivity index is 2.59. The maximum Gasteiger partial charge on any atom is 0.0558 e. The molecule has 0 heterocycles. The minimum atomic E-state index is 0.275. The smallest absolute Gasteiger partial charge is 0.0558 e. The van der Waals surface area contributed by atoms with Gasteiger partial charge in [0.25, 0.3) is 0 Å². The lowest BCUT2D eigenvalue weighted by Crippen LogP contribution is -2.48. The highest BCUT2D eigenvalue weighted by Crippen LogP contribution is 2.39. The van der Waals surface area contributed by atoms with Crippen molar-refractivity contribution in [1.29, 1.82) is 0 Å². The standard InChI is InChI=1S/C16H34N2O/c1-5-9-17-15-7-8-16(3,4)12-14(15)13-18(6-2)10-11-19/h14-15,17,19H,5-13H2,1-4H3. The Bertz CT molecular complexity index is 243. The minimum Gasteiger partial charge on any atom is -0.395 e. The predicted molar refractivity (Wildman–Crippen MR) is 82.4 cm³/mol. The van der Waals surface area contributed by atoms with Crippen LogP contribution in [0.2, 0.25) is 0 Å². The molecule has 3 nitrogen and oxygen atoms in total. The van der Waals surface area contributed by atoms with Crippen LogP contribution >= 0.6 is 0 Å². The first-order chi connectivity index (χ1) is 9.02. The van der Waals surface area contributed by atoms with Crippen LogP contribution in [-0.2, 0) is 0 Å². The molecule has 2 N–H and O–H groups in total. The van der Waals surface area contributed by atoms with Crippen molar-refractivity contribution >= 4 is 0 Å². The summed E-state index contributed by atoms with van der Waals surface area (Å²) in [7, 11) is 0. The molecule has 3 heteroatoms. The average molecular weight is 270 g/mol. The molecule has 0 bridgehead atoms. The first kappa shape index (κ1) is 16.9. The summed E-state index contributed by atoms with van der Waals surface area (Å²) in [4.78, 5) is 2.40. The topological polar surface area (TPSA) is 35.5 Å². The third-order valence-electron chi connectivity index (χ3n) is 4.53. The third kappa shape index (κ3) is 5.80. The highest BCUT2D eigenvalue weighted by atomic mass is 16.3. The van der Waals surface area contributed by atoms with Crippen LogP contribution in [0.4, 0.5) is 0 Å². The van der Waals surface area contributed by atoms with E-state index in [-0.39, 0.29) is 6.61 Å². The van der Waals surface area contributed by atoms with Gasteiger partial charge in [-0.05, 0) is 50.1 Å². The molecule has 2 unspecified atom stereocenters. The Morgan fingerprint density at radius 2 is 2.05 bits per heavy atom. The van der Waals surface area contributed by atoms with E-state index < -0.39 is 0 Å². The van der Waals surface area contributed by atoms with Crippen molar-refractivity contribution in [3.63, 3.8) is 0 Å². The van der Waals surface area contributed by atoms with Gasteiger partial charge < -0.3 is 15.3 Å². The molecule has 1 aliphatic carbocycles. The predicted octanol–water partition coefficient (Wildman–Crippen LogP) is 2.50. The fourth-order valence-corrected chi connectivity index (χ4v) is 3.38. The van der Waals surface area contributed by atoms with Crippen LogP contribution in [0.5, 0.6) is 0 Å². The fourth-order valence-electron chi connectivity index (χ4n) is 3.38. The number of likely N-dealkylation sites (N-methyl/N-ethyl adjacent to an activating group) is 1. The summed E-state index contributed by atoms with van der Waals surface area (Å²) in [6.45, 7) is 13.6. The number of hydrogen-bond donors (Lipinski definition) is 2. The molecular weight excluding hydrogens is 236 g/mol. The summed E-state index contributed by atoms with van der Waals surface area (Å²) in [6.07, 6.45) is 5.14. The van der Waals surface area contributed by atoms with Crippen molar-refractivity contribution in [3.8, 4) is 0 Å². The minimum absolute atomic E-state index is 0.275. The molecule has 0 radical (unpaired) electrons. The number of nitrogens with zero attached hydrogens (tertiary/aromatic N) is 1. The van der Waals surface area contributed by atoms with E-state index in [1.54, 1.807) is 0 Å². The Morgan fingerprint density at radius 1 is 1.32 bits per heavy atom. The molecule has 0 spiro atoms. The van der Waals surface area contributed by atoms with E-state index >= 15 is 0 Å². The van der Waals surface area contributed by atoms with Crippen LogP contribution in [0, 0.1) is 11.3 Å². The second-order valence-electron chi connectivity index (χ2n) is 6.84. The Kier molecular flexibility index (Phi) is 7.33. The van der Waals surface area contributed by atoms with Gasteiger partial charge in [-0.3, -0.25) is 0 Å². The Labute approximate surface area is 119 Å². The molecule has 0 aromatic rings. The molecule has 114 valence electrons. The van der Waals surface area contributed by atoms with E-state index in [0.717, 1.165) is 32.1 Å². The molecule has 2 atom stereocenters. The van der Waals surface area contributed by atoms with Crippen LogP contribution in [0.25, 0.3) is 0 Å². The van der Waals surface area contributed by atoms with Crippen LogP contribution in [0.1, 0.15) is 53.4 Å². The highest BCUT2D eigenvalue weighted by Gasteiger charge is 2.35. The summed E-state index contributed by atoms with van der Waals surface area (Å²) >= 11 is 0. The van der Waals surface area contributed by atoms with E-state index in [1.807, 2.05) is 0 Å². The molecule has 0 amide bonds. The largest absolute Gasteiger partial charge is 0.395 e. The van der Waals surface area contributed by atoms with Crippen molar-refractivity contribution in [3.05, 3.63) is 0 Å². The van der Waals surface area contributed by atoms with Gasteiger partial charge in [-0.15, -0.1) is 0 Å². The van der Waals surface area contributed by atoms with Gasteiger partial charge in [0.2, 0.25) is 0 Å². The quantitative estimate of drug-likeness (QED) is 0.711. The number of aliphatic hydroxyl groups excluding tert-OH is 1. The molecule has 0 saturated heterocycles. The lowest BCUT2D eigenvalue weighted by molar-refractivity contribution is 0.0934. The number of rotatable bonds is 8. The third-order valence-corrected chi connectivity index (χ3v) is 4.53. The van der Waals surface area contributed by atoms with Gasteiger partial charge in [-0.25, -0.2) is 0 Å².